The Kier molecular flexibility index (Phi) is 3.72. The molecule has 5 nitrogen and oxygen atoms in total. The van der Waals surface area contributed by atoms with E-state index in [1.54, 1.807) is 23.3 Å². The molecule has 0 saturated heterocycles. The highest BCUT2D eigenvalue weighted by Crippen LogP contribution is 2.18. The Bertz CT molecular complexity index is 1070. The quantitative estimate of drug-likeness (QED) is 0.455. The van der Waals surface area contributed by atoms with Gasteiger partial charge in [0.15, 0.2) is 5.82 Å². The fraction of sp³-hybridized carbons (Fsp3) is 0. The third kappa shape index (κ3) is 2.63. The third-order valence-electron chi connectivity index (χ3n) is 3.71. The van der Waals surface area contributed by atoms with Crippen molar-refractivity contribution in [2.75, 3.05) is 0 Å². The molecule has 24 heavy (non-hydrogen) atoms. The van der Waals surface area contributed by atoms with Gasteiger partial charge in [0.2, 0.25) is 4.77 Å². The third-order valence-corrected chi connectivity index (χ3v) is 3.97. The summed E-state index contributed by atoms with van der Waals surface area (Å²) in [5, 5.41) is 13.9. The van der Waals surface area contributed by atoms with Crippen molar-refractivity contribution in [3.63, 3.8) is 0 Å². The fourth-order valence-electron chi connectivity index (χ4n) is 2.56. The first-order valence-electron chi connectivity index (χ1n) is 7.43. The van der Waals surface area contributed by atoms with Crippen molar-refractivity contribution in [1.82, 2.24) is 19.9 Å². The van der Waals surface area contributed by atoms with E-state index in [1.807, 2.05) is 36.4 Å². The molecule has 6 heteroatoms. The lowest BCUT2D eigenvalue weighted by Crippen LogP contribution is -1.95. The van der Waals surface area contributed by atoms with Crippen molar-refractivity contribution in [3.8, 4) is 11.4 Å². The minimum Gasteiger partial charge on any atom is -0.264 e. The van der Waals surface area contributed by atoms with Crippen molar-refractivity contribution >= 4 is 29.2 Å². The second-order valence-corrected chi connectivity index (χ2v) is 5.61. The van der Waals surface area contributed by atoms with Gasteiger partial charge in [-0.1, -0.05) is 42.5 Å². The molecule has 4 rings (SSSR count). The molecule has 2 aromatic carbocycles. The monoisotopic (exact) mass is 331 g/mol. The number of H-pyrrole nitrogens is 1. The molecule has 4 aromatic rings. The summed E-state index contributed by atoms with van der Waals surface area (Å²) in [5.41, 5.74) is 1.87. The van der Waals surface area contributed by atoms with E-state index in [1.165, 1.54) is 5.39 Å². The second kappa shape index (κ2) is 6.17. The molecule has 0 saturated carbocycles. The number of benzene rings is 2. The fourth-order valence-corrected chi connectivity index (χ4v) is 2.74. The van der Waals surface area contributed by atoms with Crippen LogP contribution in [0.15, 0.2) is 72.1 Å². The van der Waals surface area contributed by atoms with Crippen molar-refractivity contribution in [1.29, 1.82) is 0 Å². The molecule has 2 aromatic heterocycles. The van der Waals surface area contributed by atoms with Crippen molar-refractivity contribution in [2.24, 2.45) is 5.10 Å². The standard InChI is InChI=1S/C18H13N5S/c24-18-22-21-17(15-8-4-10-19-11-15)23(18)20-12-14-7-3-6-13-5-1-2-9-16(13)14/h1-12H,(H,22,24)/b20-12-. The molecule has 0 radical (unpaired) electrons. The van der Waals surface area contributed by atoms with Crippen molar-refractivity contribution in [2.45, 2.75) is 0 Å². The van der Waals surface area contributed by atoms with Crippen LogP contribution in [-0.2, 0) is 0 Å². The van der Waals surface area contributed by atoms with Gasteiger partial charge in [0.1, 0.15) is 0 Å². The summed E-state index contributed by atoms with van der Waals surface area (Å²) in [6.45, 7) is 0. The van der Waals surface area contributed by atoms with Gasteiger partial charge in [-0.05, 0) is 35.1 Å². The smallest absolute Gasteiger partial charge is 0.216 e. The lowest BCUT2D eigenvalue weighted by Gasteiger charge is -2.02. The zero-order valence-corrected chi connectivity index (χ0v) is 13.4. The summed E-state index contributed by atoms with van der Waals surface area (Å²) >= 11 is 5.29. The number of nitrogens with zero attached hydrogens (tertiary/aromatic N) is 4. The van der Waals surface area contributed by atoms with Crippen LogP contribution in [0.25, 0.3) is 22.2 Å². The number of aromatic nitrogens is 4. The Morgan fingerprint density at radius 3 is 2.79 bits per heavy atom. The minimum absolute atomic E-state index is 0.435. The van der Waals surface area contributed by atoms with Gasteiger partial charge >= 0.3 is 0 Å². The number of nitrogens with one attached hydrogen (secondary N) is 1. The summed E-state index contributed by atoms with van der Waals surface area (Å²) in [4.78, 5) is 4.12. The maximum atomic E-state index is 5.29. The molecule has 2 heterocycles. The maximum Gasteiger partial charge on any atom is 0.216 e. The van der Waals surface area contributed by atoms with E-state index in [9.17, 15) is 0 Å². The molecule has 0 aliphatic heterocycles. The zero-order valence-electron chi connectivity index (χ0n) is 12.6. The molecule has 0 amide bonds. The molecule has 0 bridgehead atoms. The predicted molar refractivity (Wildman–Crippen MR) is 97.6 cm³/mol. The van der Waals surface area contributed by atoms with Crippen LogP contribution in [0.5, 0.6) is 0 Å². The topological polar surface area (TPSA) is 58.9 Å². The van der Waals surface area contributed by atoms with Gasteiger partial charge in [0.05, 0.1) is 6.21 Å². The molecule has 0 aliphatic carbocycles. The largest absolute Gasteiger partial charge is 0.264 e. The van der Waals surface area contributed by atoms with Crippen LogP contribution < -0.4 is 0 Å². The number of hydrogen-bond acceptors (Lipinski definition) is 4. The molecular weight excluding hydrogens is 318 g/mol. The highest BCUT2D eigenvalue weighted by molar-refractivity contribution is 7.71. The number of rotatable bonds is 3. The SMILES string of the molecule is S=c1[nH]nc(-c2cccnc2)n1/N=C\c1cccc2ccccc12. The Labute approximate surface area is 143 Å². The van der Waals surface area contributed by atoms with Gasteiger partial charge in [-0.15, -0.1) is 0 Å². The number of fused-ring (bicyclic) bond motifs is 1. The molecule has 0 aliphatic rings. The average molecular weight is 331 g/mol. The molecule has 0 spiro atoms. The Hall–Kier alpha value is -3.12. The van der Waals surface area contributed by atoms with Gasteiger partial charge in [-0.2, -0.15) is 14.9 Å². The Balaban J connectivity index is 1.80. The predicted octanol–water partition coefficient (Wildman–Crippen LogP) is 4.04. The van der Waals surface area contributed by atoms with E-state index in [2.05, 4.69) is 38.5 Å². The molecule has 0 unspecified atom stereocenters. The van der Waals surface area contributed by atoms with Crippen LogP contribution in [0.4, 0.5) is 0 Å². The zero-order chi connectivity index (χ0) is 16.4. The lowest BCUT2D eigenvalue weighted by molar-refractivity contribution is 0.871. The van der Waals surface area contributed by atoms with Gasteiger partial charge in [-0.25, -0.2) is 5.10 Å². The minimum atomic E-state index is 0.435. The van der Waals surface area contributed by atoms with Crippen LogP contribution >= 0.6 is 12.2 Å². The van der Waals surface area contributed by atoms with E-state index < -0.39 is 0 Å². The van der Waals surface area contributed by atoms with Crippen LogP contribution in [0.3, 0.4) is 0 Å². The van der Waals surface area contributed by atoms with Crippen molar-refractivity contribution in [3.05, 3.63) is 77.3 Å². The molecule has 0 fully saturated rings. The second-order valence-electron chi connectivity index (χ2n) is 5.22. The van der Waals surface area contributed by atoms with Gasteiger partial charge in [0.25, 0.3) is 0 Å². The first-order valence-corrected chi connectivity index (χ1v) is 7.84. The van der Waals surface area contributed by atoms with E-state index >= 15 is 0 Å². The average Bonchev–Trinajstić information content (AvgIpc) is 3.01. The first-order chi connectivity index (χ1) is 11.8. The normalized spacial score (nSPS) is 11.3. The number of hydrogen-bond donors (Lipinski definition) is 1. The maximum absolute atomic E-state index is 5.29. The summed E-state index contributed by atoms with van der Waals surface area (Å²) in [6.07, 6.45) is 5.25. The van der Waals surface area contributed by atoms with Crippen LogP contribution in [0.1, 0.15) is 5.56 Å². The van der Waals surface area contributed by atoms with Gasteiger partial charge in [0, 0.05) is 23.5 Å². The number of pyridine rings is 1. The van der Waals surface area contributed by atoms with E-state index in [-0.39, 0.29) is 0 Å². The molecule has 1 N–H and O–H groups in total. The van der Waals surface area contributed by atoms with Gasteiger partial charge < -0.3 is 0 Å². The Morgan fingerprint density at radius 1 is 1.04 bits per heavy atom. The van der Waals surface area contributed by atoms with E-state index in [0.29, 0.717) is 10.6 Å². The highest BCUT2D eigenvalue weighted by atomic mass is 32.1. The number of aromatic amines is 1. The van der Waals surface area contributed by atoms with Crippen LogP contribution in [0.2, 0.25) is 0 Å². The van der Waals surface area contributed by atoms with Crippen molar-refractivity contribution < 1.29 is 0 Å². The van der Waals surface area contributed by atoms with Crippen LogP contribution in [-0.4, -0.2) is 26.1 Å². The summed E-state index contributed by atoms with van der Waals surface area (Å²) in [6, 6.07) is 18.1. The Morgan fingerprint density at radius 2 is 1.92 bits per heavy atom. The summed E-state index contributed by atoms with van der Waals surface area (Å²) < 4.78 is 2.04. The van der Waals surface area contributed by atoms with Gasteiger partial charge in [-0.3, -0.25) is 4.98 Å². The van der Waals surface area contributed by atoms with E-state index in [0.717, 1.165) is 16.5 Å². The lowest BCUT2D eigenvalue weighted by atomic mass is 10.1. The summed E-state index contributed by atoms with van der Waals surface area (Å²) in [7, 11) is 0. The first kappa shape index (κ1) is 14.5. The molecule has 0 atom stereocenters. The highest BCUT2D eigenvalue weighted by Gasteiger charge is 2.07. The molecular formula is C18H13N5S. The summed E-state index contributed by atoms with van der Waals surface area (Å²) in [5.74, 6) is 0.629. The molecule has 116 valence electrons. The van der Waals surface area contributed by atoms with Crippen LogP contribution in [0, 0.1) is 4.77 Å². The van der Waals surface area contributed by atoms with E-state index in [4.69, 9.17) is 12.2 Å².